The zero-order valence-electron chi connectivity index (χ0n) is 11.2. The van der Waals surface area contributed by atoms with Crippen LogP contribution in [0.25, 0.3) is 6.08 Å². The Morgan fingerprint density at radius 2 is 1.83 bits per heavy atom. The molecule has 18 heavy (non-hydrogen) atoms. The quantitative estimate of drug-likeness (QED) is 0.808. The van der Waals surface area contributed by atoms with E-state index in [1.54, 1.807) is 0 Å². The number of carboxylic acid groups (broad SMARTS) is 1. The van der Waals surface area contributed by atoms with Gasteiger partial charge in [-0.2, -0.15) is 0 Å². The maximum Gasteiger partial charge on any atom is 0.331 e. The molecule has 0 aliphatic heterocycles. The normalized spacial score (nSPS) is 12.3. The van der Waals surface area contributed by atoms with Crippen molar-refractivity contribution in [3.63, 3.8) is 0 Å². The Hall–Kier alpha value is -1.83. The van der Waals surface area contributed by atoms with Gasteiger partial charge in [0.05, 0.1) is 0 Å². The number of carbonyl (C=O) groups is 1. The van der Waals surface area contributed by atoms with Crippen LogP contribution >= 0.6 is 0 Å². The van der Waals surface area contributed by atoms with Crippen molar-refractivity contribution in [3.05, 3.63) is 53.6 Å². The average molecular weight is 244 g/mol. The summed E-state index contributed by atoms with van der Waals surface area (Å²) in [6, 6.07) is 9.92. The number of hydrogen-bond donors (Lipinski definition) is 1. The molecular weight excluding hydrogens is 224 g/mol. The molecule has 0 unspecified atom stereocenters. The van der Waals surface area contributed by atoms with Gasteiger partial charge in [-0.25, -0.2) is 4.79 Å². The maximum atomic E-state index is 10.9. The third-order valence-corrected chi connectivity index (χ3v) is 2.81. The second-order valence-corrected chi connectivity index (χ2v) is 5.42. The molecule has 0 saturated carbocycles. The Labute approximate surface area is 109 Å². The molecule has 1 N–H and O–H groups in total. The van der Waals surface area contributed by atoms with Crippen molar-refractivity contribution in [3.8, 4) is 0 Å². The van der Waals surface area contributed by atoms with E-state index in [0.717, 1.165) is 11.1 Å². The number of allylic oxidation sites excluding steroid dienone is 1. The zero-order chi connectivity index (χ0) is 13.8. The van der Waals surface area contributed by atoms with Crippen LogP contribution in [0.3, 0.4) is 0 Å². The van der Waals surface area contributed by atoms with Crippen molar-refractivity contribution in [2.45, 2.75) is 27.2 Å². The number of rotatable bonds is 4. The Morgan fingerprint density at radius 3 is 2.28 bits per heavy atom. The lowest BCUT2D eigenvalue weighted by molar-refractivity contribution is -0.132. The van der Waals surface area contributed by atoms with Crippen LogP contribution in [0.15, 0.2) is 48.1 Å². The van der Waals surface area contributed by atoms with Gasteiger partial charge in [0.25, 0.3) is 0 Å². The monoisotopic (exact) mass is 244 g/mol. The van der Waals surface area contributed by atoms with Crippen LogP contribution in [0.1, 0.15) is 32.8 Å². The fourth-order valence-electron chi connectivity index (χ4n) is 1.59. The Bertz CT molecular complexity index is 462. The highest BCUT2D eigenvalue weighted by atomic mass is 16.4. The van der Waals surface area contributed by atoms with Gasteiger partial charge in [-0.3, -0.25) is 0 Å². The minimum absolute atomic E-state index is 0.0752. The highest BCUT2D eigenvalue weighted by Crippen LogP contribution is 2.31. The molecule has 0 bridgehead atoms. The van der Waals surface area contributed by atoms with Gasteiger partial charge < -0.3 is 5.11 Å². The predicted octanol–water partition coefficient (Wildman–Crippen LogP) is 4.15. The van der Waals surface area contributed by atoms with Gasteiger partial charge in [-0.05, 0) is 11.0 Å². The van der Waals surface area contributed by atoms with E-state index in [0.29, 0.717) is 6.42 Å². The first-order valence-electron chi connectivity index (χ1n) is 5.98. The van der Waals surface area contributed by atoms with E-state index < -0.39 is 5.97 Å². The Morgan fingerprint density at radius 1 is 1.28 bits per heavy atom. The minimum Gasteiger partial charge on any atom is -0.478 e. The largest absolute Gasteiger partial charge is 0.478 e. The fraction of sp³-hybridized carbons (Fsp3) is 0.312. The van der Waals surface area contributed by atoms with Gasteiger partial charge >= 0.3 is 5.97 Å². The second-order valence-electron chi connectivity index (χ2n) is 5.42. The molecule has 0 aliphatic carbocycles. The summed E-state index contributed by atoms with van der Waals surface area (Å²) in [6.07, 6.45) is 2.45. The topological polar surface area (TPSA) is 37.3 Å². The smallest absolute Gasteiger partial charge is 0.331 e. The van der Waals surface area contributed by atoms with E-state index in [-0.39, 0.29) is 11.0 Å². The summed E-state index contributed by atoms with van der Waals surface area (Å²) in [4.78, 5) is 10.9. The van der Waals surface area contributed by atoms with Crippen molar-refractivity contribution in [1.82, 2.24) is 0 Å². The zero-order valence-corrected chi connectivity index (χ0v) is 11.2. The molecule has 0 radical (unpaired) electrons. The lowest BCUT2D eigenvalue weighted by Crippen LogP contribution is -2.12. The fourth-order valence-corrected chi connectivity index (χ4v) is 1.59. The van der Waals surface area contributed by atoms with Gasteiger partial charge in [0.2, 0.25) is 0 Å². The number of carboxylic acids is 1. The van der Waals surface area contributed by atoms with Gasteiger partial charge in [0.15, 0.2) is 0 Å². The van der Waals surface area contributed by atoms with E-state index >= 15 is 0 Å². The van der Waals surface area contributed by atoms with Crippen molar-refractivity contribution in [1.29, 1.82) is 0 Å². The molecular formula is C16H20O2. The van der Waals surface area contributed by atoms with Crippen LogP contribution < -0.4 is 0 Å². The summed E-state index contributed by atoms with van der Waals surface area (Å²) in [5, 5.41) is 8.94. The van der Waals surface area contributed by atoms with E-state index in [1.165, 1.54) is 0 Å². The summed E-state index contributed by atoms with van der Waals surface area (Å²) in [7, 11) is 0. The van der Waals surface area contributed by atoms with Crippen molar-refractivity contribution in [2.24, 2.45) is 5.41 Å². The number of benzene rings is 1. The molecule has 96 valence electrons. The predicted molar refractivity (Wildman–Crippen MR) is 75.3 cm³/mol. The molecule has 1 rings (SSSR count). The molecule has 0 aromatic heterocycles. The highest BCUT2D eigenvalue weighted by molar-refractivity contribution is 5.86. The van der Waals surface area contributed by atoms with Crippen molar-refractivity contribution >= 4 is 12.0 Å². The van der Waals surface area contributed by atoms with E-state index in [1.807, 2.05) is 36.4 Å². The van der Waals surface area contributed by atoms with Gasteiger partial charge in [0.1, 0.15) is 0 Å². The lowest BCUT2D eigenvalue weighted by atomic mass is 9.82. The number of aliphatic carboxylic acids is 1. The van der Waals surface area contributed by atoms with Crippen LogP contribution in [-0.2, 0) is 4.79 Å². The van der Waals surface area contributed by atoms with Crippen molar-refractivity contribution < 1.29 is 9.90 Å². The van der Waals surface area contributed by atoms with Crippen LogP contribution in [0.5, 0.6) is 0 Å². The summed E-state index contributed by atoms with van der Waals surface area (Å²) in [5.41, 5.74) is 2.31. The third kappa shape index (κ3) is 4.21. The summed E-state index contributed by atoms with van der Waals surface area (Å²) in [5.74, 6) is -0.932. The lowest BCUT2D eigenvalue weighted by Gasteiger charge is -2.23. The van der Waals surface area contributed by atoms with E-state index in [2.05, 4.69) is 27.4 Å². The summed E-state index contributed by atoms with van der Waals surface area (Å²) < 4.78 is 0. The molecule has 0 amide bonds. The Kier molecular flexibility index (Phi) is 4.49. The average Bonchev–Trinajstić information content (AvgIpc) is 2.28. The van der Waals surface area contributed by atoms with E-state index in [9.17, 15) is 4.79 Å². The van der Waals surface area contributed by atoms with Gasteiger partial charge in [-0.15, -0.1) is 0 Å². The van der Waals surface area contributed by atoms with Crippen LogP contribution in [0.2, 0.25) is 0 Å². The molecule has 2 heteroatoms. The maximum absolute atomic E-state index is 10.9. The van der Waals surface area contributed by atoms with E-state index in [4.69, 9.17) is 5.11 Å². The first-order chi connectivity index (χ1) is 8.30. The summed E-state index contributed by atoms with van der Waals surface area (Å²) in [6.45, 7) is 9.85. The minimum atomic E-state index is -0.932. The molecule has 1 aromatic carbocycles. The van der Waals surface area contributed by atoms with Crippen LogP contribution in [0.4, 0.5) is 0 Å². The molecule has 2 nitrogen and oxygen atoms in total. The second kappa shape index (κ2) is 5.67. The third-order valence-electron chi connectivity index (χ3n) is 2.81. The Balaban J connectivity index is 3.04. The summed E-state index contributed by atoms with van der Waals surface area (Å²) >= 11 is 0. The van der Waals surface area contributed by atoms with Crippen molar-refractivity contribution in [2.75, 3.05) is 0 Å². The first kappa shape index (κ1) is 14.2. The first-order valence-corrected chi connectivity index (χ1v) is 5.98. The molecule has 0 spiro atoms. The molecule has 0 aliphatic rings. The SMILES string of the molecule is C=C(CC(=Cc1ccccc1)C(C)(C)C)C(=O)O. The standard InChI is InChI=1S/C16H20O2/c1-12(15(17)18)10-14(16(2,3)4)11-13-8-6-5-7-9-13/h5-9,11H,1,10H2,2-4H3,(H,17,18). The molecule has 0 atom stereocenters. The van der Waals surface area contributed by atoms with Crippen LogP contribution in [-0.4, -0.2) is 11.1 Å². The molecule has 0 heterocycles. The van der Waals surface area contributed by atoms with Gasteiger partial charge in [-0.1, -0.05) is 69.3 Å². The van der Waals surface area contributed by atoms with Gasteiger partial charge in [0, 0.05) is 12.0 Å². The molecule has 0 saturated heterocycles. The molecule has 1 aromatic rings. The molecule has 0 fully saturated rings. The highest BCUT2D eigenvalue weighted by Gasteiger charge is 2.19. The van der Waals surface area contributed by atoms with Crippen LogP contribution in [0, 0.1) is 5.41 Å². The number of hydrogen-bond acceptors (Lipinski definition) is 1.